The molecule has 0 aliphatic heterocycles. The number of hydrogen-bond acceptors (Lipinski definition) is 2. The van der Waals surface area contributed by atoms with Gasteiger partial charge in [-0.1, -0.05) is 26.2 Å². The number of aromatic nitrogens is 2. The first-order valence-electron chi connectivity index (χ1n) is 5.12. The van der Waals surface area contributed by atoms with Gasteiger partial charge in [-0.25, -0.2) is 4.98 Å². The molecule has 1 amide bonds. The number of nitrogens with one attached hydrogen (secondary N) is 2. The number of carbonyl (C=O) groups excluding carboxylic acids is 1. The smallest absolute Gasteiger partial charge is 0.226 e. The zero-order valence-electron chi connectivity index (χ0n) is 8.55. The Labute approximate surface area is 84.1 Å². The van der Waals surface area contributed by atoms with Crippen molar-refractivity contribution in [3.05, 3.63) is 12.4 Å². The second kappa shape index (κ2) is 6.18. The Kier molecular flexibility index (Phi) is 4.75. The van der Waals surface area contributed by atoms with Crippen LogP contribution in [0.4, 0.5) is 5.95 Å². The highest BCUT2D eigenvalue weighted by atomic mass is 16.1. The van der Waals surface area contributed by atoms with E-state index in [1.807, 2.05) is 0 Å². The molecule has 78 valence electrons. The van der Waals surface area contributed by atoms with Crippen LogP contribution < -0.4 is 5.32 Å². The van der Waals surface area contributed by atoms with E-state index in [-0.39, 0.29) is 5.91 Å². The van der Waals surface area contributed by atoms with Crippen LogP contribution in [0.5, 0.6) is 0 Å². The molecule has 1 aromatic rings. The summed E-state index contributed by atoms with van der Waals surface area (Å²) < 4.78 is 0. The fourth-order valence-corrected chi connectivity index (χ4v) is 1.24. The predicted molar refractivity (Wildman–Crippen MR) is 56.0 cm³/mol. The van der Waals surface area contributed by atoms with Gasteiger partial charge >= 0.3 is 0 Å². The lowest BCUT2D eigenvalue weighted by Gasteiger charge is -2.00. The lowest BCUT2D eigenvalue weighted by atomic mass is 10.1. The molecule has 1 heterocycles. The summed E-state index contributed by atoms with van der Waals surface area (Å²) in [4.78, 5) is 18.0. The molecule has 0 fully saturated rings. The first-order chi connectivity index (χ1) is 6.83. The number of hydrogen-bond donors (Lipinski definition) is 2. The van der Waals surface area contributed by atoms with Gasteiger partial charge in [-0.3, -0.25) is 10.1 Å². The largest absolute Gasteiger partial charge is 0.331 e. The summed E-state index contributed by atoms with van der Waals surface area (Å²) in [7, 11) is 0. The molecule has 0 saturated heterocycles. The van der Waals surface area contributed by atoms with Gasteiger partial charge in [-0.15, -0.1) is 0 Å². The second-order valence-electron chi connectivity index (χ2n) is 3.30. The molecule has 1 rings (SSSR count). The molecule has 0 atom stereocenters. The number of H-pyrrole nitrogens is 1. The van der Waals surface area contributed by atoms with E-state index < -0.39 is 0 Å². The zero-order chi connectivity index (χ0) is 10.2. The lowest BCUT2D eigenvalue weighted by Crippen LogP contribution is -2.11. The van der Waals surface area contributed by atoms with Gasteiger partial charge in [0.05, 0.1) is 0 Å². The minimum atomic E-state index is 0.0380. The number of imidazole rings is 1. The maximum Gasteiger partial charge on any atom is 0.226 e. The van der Waals surface area contributed by atoms with Crippen LogP contribution in [0, 0.1) is 0 Å². The van der Waals surface area contributed by atoms with E-state index in [2.05, 4.69) is 22.2 Å². The van der Waals surface area contributed by atoms with Crippen molar-refractivity contribution in [2.24, 2.45) is 0 Å². The van der Waals surface area contributed by atoms with Crippen LogP contribution in [0.1, 0.15) is 39.0 Å². The average Bonchev–Trinajstić information content (AvgIpc) is 2.65. The number of carbonyl (C=O) groups is 1. The number of aromatic amines is 1. The van der Waals surface area contributed by atoms with Gasteiger partial charge in [0.15, 0.2) is 0 Å². The van der Waals surface area contributed by atoms with Gasteiger partial charge in [0.1, 0.15) is 0 Å². The molecule has 0 aromatic carbocycles. The summed E-state index contributed by atoms with van der Waals surface area (Å²) in [5, 5.41) is 2.69. The second-order valence-corrected chi connectivity index (χ2v) is 3.30. The van der Waals surface area contributed by atoms with E-state index in [9.17, 15) is 4.79 Å². The Morgan fingerprint density at radius 3 is 3.00 bits per heavy atom. The van der Waals surface area contributed by atoms with Crippen LogP contribution in [0.2, 0.25) is 0 Å². The SMILES string of the molecule is CCCCCCC(=O)Nc1ncc[nH]1. The molecule has 0 bridgehead atoms. The van der Waals surface area contributed by atoms with Crippen LogP contribution in [-0.4, -0.2) is 15.9 Å². The molecule has 2 N–H and O–H groups in total. The minimum absolute atomic E-state index is 0.0380. The van der Waals surface area contributed by atoms with E-state index >= 15 is 0 Å². The molecule has 0 aliphatic carbocycles. The van der Waals surface area contributed by atoms with E-state index in [0.29, 0.717) is 12.4 Å². The van der Waals surface area contributed by atoms with Crippen LogP contribution in [0.25, 0.3) is 0 Å². The highest BCUT2D eigenvalue weighted by Crippen LogP contribution is 2.04. The Balaban J connectivity index is 2.11. The summed E-state index contributed by atoms with van der Waals surface area (Å²) in [5.74, 6) is 0.571. The Hall–Kier alpha value is -1.32. The van der Waals surface area contributed by atoms with Crippen molar-refractivity contribution in [3.8, 4) is 0 Å². The first-order valence-corrected chi connectivity index (χ1v) is 5.12. The molecular formula is C10H17N3O. The Morgan fingerprint density at radius 1 is 1.50 bits per heavy atom. The topological polar surface area (TPSA) is 57.8 Å². The van der Waals surface area contributed by atoms with Gasteiger partial charge in [0.25, 0.3) is 0 Å². The molecule has 14 heavy (non-hydrogen) atoms. The van der Waals surface area contributed by atoms with Gasteiger partial charge in [0.2, 0.25) is 11.9 Å². The Morgan fingerprint density at radius 2 is 2.36 bits per heavy atom. The third-order valence-electron chi connectivity index (χ3n) is 2.01. The number of amides is 1. The predicted octanol–water partition coefficient (Wildman–Crippen LogP) is 2.32. The van der Waals surface area contributed by atoms with Gasteiger partial charge < -0.3 is 4.98 Å². The van der Waals surface area contributed by atoms with Gasteiger partial charge in [-0.05, 0) is 6.42 Å². The molecule has 0 saturated carbocycles. The van der Waals surface area contributed by atoms with Crippen LogP contribution in [-0.2, 0) is 4.79 Å². The molecule has 0 spiro atoms. The maximum absolute atomic E-state index is 11.3. The molecule has 0 radical (unpaired) electrons. The number of nitrogens with zero attached hydrogens (tertiary/aromatic N) is 1. The summed E-state index contributed by atoms with van der Waals surface area (Å²) >= 11 is 0. The lowest BCUT2D eigenvalue weighted by molar-refractivity contribution is -0.116. The normalized spacial score (nSPS) is 10.1. The zero-order valence-corrected chi connectivity index (χ0v) is 8.55. The fraction of sp³-hybridized carbons (Fsp3) is 0.600. The molecular weight excluding hydrogens is 178 g/mol. The van der Waals surface area contributed by atoms with Crippen molar-refractivity contribution < 1.29 is 4.79 Å². The highest BCUT2D eigenvalue weighted by molar-refractivity contribution is 5.88. The van der Waals surface area contributed by atoms with Crippen LogP contribution in [0.3, 0.4) is 0 Å². The van der Waals surface area contributed by atoms with E-state index in [1.54, 1.807) is 12.4 Å². The first kappa shape index (κ1) is 10.8. The number of rotatable bonds is 6. The van der Waals surface area contributed by atoms with Crippen molar-refractivity contribution in [1.29, 1.82) is 0 Å². The standard InChI is InChI=1S/C10H17N3O/c1-2-3-4-5-6-9(14)13-10-11-7-8-12-10/h7-8H,2-6H2,1H3,(H2,11,12,13,14). The monoisotopic (exact) mass is 195 g/mol. The third kappa shape index (κ3) is 4.07. The molecule has 0 aliphatic rings. The van der Waals surface area contributed by atoms with E-state index in [0.717, 1.165) is 12.8 Å². The van der Waals surface area contributed by atoms with Crippen molar-refractivity contribution in [1.82, 2.24) is 9.97 Å². The summed E-state index contributed by atoms with van der Waals surface area (Å²) in [6.45, 7) is 2.16. The van der Waals surface area contributed by atoms with Crippen LogP contribution >= 0.6 is 0 Å². The fourth-order valence-electron chi connectivity index (χ4n) is 1.24. The molecule has 1 aromatic heterocycles. The maximum atomic E-state index is 11.3. The average molecular weight is 195 g/mol. The summed E-state index contributed by atoms with van der Waals surface area (Å²) in [6.07, 6.45) is 8.37. The van der Waals surface area contributed by atoms with E-state index in [4.69, 9.17) is 0 Å². The van der Waals surface area contributed by atoms with Crippen molar-refractivity contribution in [2.75, 3.05) is 5.32 Å². The van der Waals surface area contributed by atoms with Crippen molar-refractivity contribution in [2.45, 2.75) is 39.0 Å². The van der Waals surface area contributed by atoms with E-state index in [1.165, 1.54) is 12.8 Å². The summed E-state index contributed by atoms with van der Waals surface area (Å²) in [6, 6.07) is 0. The number of anilines is 1. The minimum Gasteiger partial charge on any atom is -0.331 e. The van der Waals surface area contributed by atoms with Gasteiger partial charge in [0, 0.05) is 18.8 Å². The summed E-state index contributed by atoms with van der Waals surface area (Å²) in [5.41, 5.74) is 0. The molecule has 0 unspecified atom stereocenters. The quantitative estimate of drug-likeness (QED) is 0.684. The van der Waals surface area contributed by atoms with Crippen molar-refractivity contribution >= 4 is 11.9 Å². The van der Waals surface area contributed by atoms with Crippen LogP contribution in [0.15, 0.2) is 12.4 Å². The van der Waals surface area contributed by atoms with Gasteiger partial charge in [-0.2, -0.15) is 0 Å². The molecule has 4 heteroatoms. The number of unbranched alkanes of at least 4 members (excludes halogenated alkanes) is 3. The highest BCUT2D eigenvalue weighted by Gasteiger charge is 2.02. The third-order valence-corrected chi connectivity index (χ3v) is 2.01. The van der Waals surface area contributed by atoms with Crippen molar-refractivity contribution in [3.63, 3.8) is 0 Å². The molecule has 4 nitrogen and oxygen atoms in total. The Bertz CT molecular complexity index is 256.